The van der Waals surface area contributed by atoms with Crippen LogP contribution in [0.2, 0.25) is 0 Å². The van der Waals surface area contributed by atoms with Gasteiger partial charge in [0.15, 0.2) is 0 Å². The molecule has 26 heavy (non-hydrogen) atoms. The summed E-state index contributed by atoms with van der Waals surface area (Å²) >= 11 is 1.43. The van der Waals surface area contributed by atoms with Crippen LogP contribution in [-0.4, -0.2) is 49.4 Å². The summed E-state index contributed by atoms with van der Waals surface area (Å²) in [7, 11) is 1.93. The summed E-state index contributed by atoms with van der Waals surface area (Å²) in [6.45, 7) is 6.03. The average Bonchev–Trinajstić information content (AvgIpc) is 3.08. The van der Waals surface area contributed by atoms with Gasteiger partial charge in [-0.2, -0.15) is 4.68 Å². The molecular formula is C19H27N5OS. The number of amides is 1. The van der Waals surface area contributed by atoms with Crippen molar-refractivity contribution in [1.29, 1.82) is 0 Å². The number of thioether (sulfide) groups is 1. The Bertz CT molecular complexity index is 749. The van der Waals surface area contributed by atoms with Crippen LogP contribution in [0.5, 0.6) is 0 Å². The summed E-state index contributed by atoms with van der Waals surface area (Å²) in [4.78, 5) is 14.8. The number of benzene rings is 1. The van der Waals surface area contributed by atoms with Gasteiger partial charge in [0.1, 0.15) is 0 Å². The lowest BCUT2D eigenvalue weighted by Gasteiger charge is -2.32. The highest BCUT2D eigenvalue weighted by molar-refractivity contribution is 8.00. The summed E-state index contributed by atoms with van der Waals surface area (Å²) in [5.74, 6) is 0.151. The van der Waals surface area contributed by atoms with E-state index in [2.05, 4.69) is 15.5 Å². The molecule has 140 valence electrons. The highest BCUT2D eigenvalue weighted by atomic mass is 32.2. The van der Waals surface area contributed by atoms with E-state index < -0.39 is 0 Å². The molecule has 0 spiro atoms. The lowest BCUT2D eigenvalue weighted by atomic mass is 9.94. The first-order valence-electron chi connectivity index (χ1n) is 9.27. The van der Waals surface area contributed by atoms with Crippen molar-refractivity contribution >= 4 is 17.7 Å². The van der Waals surface area contributed by atoms with Crippen LogP contribution in [-0.2, 0) is 4.79 Å². The van der Waals surface area contributed by atoms with Crippen molar-refractivity contribution in [2.24, 2.45) is 0 Å². The highest BCUT2D eigenvalue weighted by Gasteiger charge is 2.27. The number of nitrogens with zero attached hydrogens (tertiary/aromatic N) is 5. The van der Waals surface area contributed by atoms with Gasteiger partial charge >= 0.3 is 0 Å². The second-order valence-electron chi connectivity index (χ2n) is 7.11. The summed E-state index contributed by atoms with van der Waals surface area (Å²) in [5, 5.41) is 12.6. The SMILES string of the molecule is Cc1cccc(C)c1-n1nnnc1S[C@H](C)C(=O)N(C)C1CCCCC1. The number of carbonyl (C=O) groups is 1. The van der Waals surface area contributed by atoms with Crippen molar-refractivity contribution in [3.8, 4) is 5.69 Å². The number of rotatable bonds is 5. The van der Waals surface area contributed by atoms with E-state index in [1.807, 2.05) is 50.9 Å². The standard InChI is InChI=1S/C19H27N5OS/c1-13-9-8-10-14(2)17(13)24-19(20-21-22-24)26-15(3)18(25)23(4)16-11-6-5-7-12-16/h8-10,15-16H,5-7,11-12H2,1-4H3/t15-/m1/s1. The van der Waals surface area contributed by atoms with Crippen molar-refractivity contribution in [3.05, 3.63) is 29.3 Å². The molecule has 1 aromatic heterocycles. The van der Waals surface area contributed by atoms with Crippen molar-refractivity contribution < 1.29 is 4.79 Å². The Labute approximate surface area is 159 Å². The van der Waals surface area contributed by atoms with E-state index in [1.165, 1.54) is 31.0 Å². The van der Waals surface area contributed by atoms with Crippen LogP contribution >= 0.6 is 11.8 Å². The van der Waals surface area contributed by atoms with E-state index in [4.69, 9.17) is 0 Å². The third-order valence-electron chi connectivity index (χ3n) is 5.19. The zero-order valence-electron chi connectivity index (χ0n) is 16.0. The maximum atomic E-state index is 12.9. The van der Waals surface area contributed by atoms with Gasteiger partial charge in [0, 0.05) is 13.1 Å². The maximum absolute atomic E-state index is 12.9. The summed E-state index contributed by atoms with van der Waals surface area (Å²) < 4.78 is 1.75. The fourth-order valence-corrected chi connectivity index (χ4v) is 4.57. The molecule has 0 saturated heterocycles. The van der Waals surface area contributed by atoms with Gasteiger partial charge < -0.3 is 4.90 Å². The minimum atomic E-state index is -0.226. The Kier molecular flexibility index (Phi) is 5.96. The van der Waals surface area contributed by atoms with Gasteiger partial charge in [0.2, 0.25) is 11.1 Å². The molecule has 0 N–H and O–H groups in total. The molecule has 1 amide bonds. The number of para-hydroxylation sites is 1. The molecule has 1 aromatic carbocycles. The molecular weight excluding hydrogens is 346 g/mol. The smallest absolute Gasteiger partial charge is 0.235 e. The number of carbonyl (C=O) groups excluding carboxylic acids is 1. The van der Waals surface area contributed by atoms with Gasteiger partial charge in [-0.15, -0.1) is 5.10 Å². The fraction of sp³-hybridized carbons (Fsp3) is 0.579. The molecule has 0 aliphatic heterocycles. The second-order valence-corrected chi connectivity index (χ2v) is 8.42. The number of hydrogen-bond acceptors (Lipinski definition) is 5. The van der Waals surface area contributed by atoms with E-state index in [0.29, 0.717) is 11.2 Å². The van der Waals surface area contributed by atoms with Crippen molar-refractivity contribution in [2.45, 2.75) is 69.3 Å². The molecule has 2 aromatic rings. The van der Waals surface area contributed by atoms with Gasteiger partial charge in [0.25, 0.3) is 0 Å². The lowest BCUT2D eigenvalue weighted by Crippen LogP contribution is -2.42. The third kappa shape index (κ3) is 3.92. The molecule has 1 atom stereocenters. The minimum Gasteiger partial charge on any atom is -0.342 e. The first-order chi connectivity index (χ1) is 12.5. The van der Waals surface area contributed by atoms with Gasteiger partial charge in [0.05, 0.1) is 10.9 Å². The third-order valence-corrected chi connectivity index (χ3v) is 6.21. The summed E-state index contributed by atoms with van der Waals surface area (Å²) in [6.07, 6.45) is 5.94. The van der Waals surface area contributed by atoms with Gasteiger partial charge in [-0.05, 0) is 55.2 Å². The van der Waals surface area contributed by atoms with Crippen LogP contribution in [0.15, 0.2) is 23.4 Å². The number of hydrogen-bond donors (Lipinski definition) is 0. The van der Waals surface area contributed by atoms with Gasteiger partial charge in [-0.1, -0.05) is 49.2 Å². The largest absolute Gasteiger partial charge is 0.342 e. The van der Waals surface area contributed by atoms with E-state index >= 15 is 0 Å². The molecule has 1 aliphatic rings. The Morgan fingerprint density at radius 1 is 1.23 bits per heavy atom. The predicted octanol–water partition coefficient (Wildman–Crippen LogP) is 3.55. The van der Waals surface area contributed by atoms with Gasteiger partial charge in [-0.3, -0.25) is 4.79 Å². The quantitative estimate of drug-likeness (QED) is 0.750. The highest BCUT2D eigenvalue weighted by Crippen LogP contribution is 2.28. The van der Waals surface area contributed by atoms with Crippen molar-refractivity contribution in [1.82, 2.24) is 25.1 Å². The molecule has 1 heterocycles. The molecule has 1 fully saturated rings. The van der Waals surface area contributed by atoms with Crippen molar-refractivity contribution in [2.75, 3.05) is 7.05 Å². The summed E-state index contributed by atoms with van der Waals surface area (Å²) in [6, 6.07) is 6.48. The van der Waals surface area contributed by atoms with Gasteiger partial charge in [-0.25, -0.2) is 0 Å². The Morgan fingerprint density at radius 3 is 2.54 bits per heavy atom. The minimum absolute atomic E-state index is 0.151. The molecule has 6 nitrogen and oxygen atoms in total. The van der Waals surface area contributed by atoms with E-state index in [1.54, 1.807) is 4.68 Å². The topological polar surface area (TPSA) is 63.9 Å². The number of tetrazole rings is 1. The van der Waals surface area contributed by atoms with Crippen LogP contribution in [0, 0.1) is 13.8 Å². The van der Waals surface area contributed by atoms with Crippen LogP contribution in [0.3, 0.4) is 0 Å². The molecule has 0 radical (unpaired) electrons. The summed E-state index contributed by atoms with van der Waals surface area (Å²) in [5.41, 5.74) is 3.20. The maximum Gasteiger partial charge on any atom is 0.235 e. The molecule has 1 saturated carbocycles. The Hall–Kier alpha value is -1.89. The molecule has 7 heteroatoms. The van der Waals surface area contributed by atoms with Crippen LogP contribution < -0.4 is 0 Å². The molecule has 0 bridgehead atoms. The molecule has 1 aliphatic carbocycles. The van der Waals surface area contributed by atoms with Crippen LogP contribution in [0.25, 0.3) is 5.69 Å². The zero-order chi connectivity index (χ0) is 18.7. The van der Waals surface area contributed by atoms with Crippen molar-refractivity contribution in [3.63, 3.8) is 0 Å². The van der Waals surface area contributed by atoms with Crippen LogP contribution in [0.4, 0.5) is 0 Å². The van der Waals surface area contributed by atoms with E-state index in [0.717, 1.165) is 29.7 Å². The molecule has 0 unspecified atom stereocenters. The van der Waals surface area contributed by atoms with Crippen LogP contribution in [0.1, 0.15) is 50.2 Å². The normalized spacial score (nSPS) is 16.5. The number of aryl methyl sites for hydroxylation is 2. The average molecular weight is 374 g/mol. The van der Waals surface area contributed by atoms with E-state index in [9.17, 15) is 4.79 Å². The predicted molar refractivity (Wildman–Crippen MR) is 104 cm³/mol. The number of aromatic nitrogens is 4. The second kappa shape index (κ2) is 8.20. The van der Waals surface area contributed by atoms with E-state index in [-0.39, 0.29) is 11.2 Å². The Balaban J connectivity index is 1.75. The fourth-order valence-electron chi connectivity index (χ4n) is 3.68. The first kappa shape index (κ1) is 18.9. The monoisotopic (exact) mass is 373 g/mol. The first-order valence-corrected chi connectivity index (χ1v) is 10.1. The Morgan fingerprint density at radius 2 is 1.88 bits per heavy atom. The zero-order valence-corrected chi connectivity index (χ0v) is 16.8. The lowest BCUT2D eigenvalue weighted by molar-refractivity contribution is -0.131. The molecule has 3 rings (SSSR count).